The summed E-state index contributed by atoms with van der Waals surface area (Å²) >= 11 is 0. The lowest BCUT2D eigenvalue weighted by molar-refractivity contribution is -0.0300. The number of aryl methyl sites for hydroxylation is 2. The number of aromatic nitrogens is 1. The van der Waals surface area contributed by atoms with Crippen LogP contribution in [0.3, 0.4) is 0 Å². The topological polar surface area (TPSA) is 75.4 Å². The van der Waals surface area contributed by atoms with E-state index in [0.717, 1.165) is 19.3 Å². The Balaban J connectivity index is 2.01. The predicted octanol–water partition coefficient (Wildman–Crippen LogP) is 1.19. The van der Waals surface area contributed by atoms with Crippen LogP contribution < -0.4 is 5.32 Å². The molecule has 1 saturated carbocycles. The molecule has 0 saturated heterocycles. The first-order valence-electron chi connectivity index (χ1n) is 6.01. The fraction of sp³-hybridized carbons (Fsp3) is 0.667. The monoisotopic (exact) mass is 238 g/mol. The largest absolute Gasteiger partial charge is 0.388 e. The molecule has 0 bridgehead atoms. The molecular weight excluding hydrogens is 220 g/mol. The SMILES string of the molecule is CCc1noc(C)c1C(=O)NCC1(O)CCC1. The van der Waals surface area contributed by atoms with Crippen LogP contribution in [0.4, 0.5) is 0 Å². The molecule has 1 aliphatic rings. The quantitative estimate of drug-likeness (QED) is 0.826. The number of amides is 1. The average Bonchev–Trinajstić information content (AvgIpc) is 2.64. The summed E-state index contributed by atoms with van der Waals surface area (Å²) in [6, 6.07) is 0. The lowest BCUT2D eigenvalue weighted by atomic mass is 9.80. The van der Waals surface area contributed by atoms with Crippen molar-refractivity contribution in [1.82, 2.24) is 10.5 Å². The molecule has 0 atom stereocenters. The van der Waals surface area contributed by atoms with Crippen LogP contribution in [0.2, 0.25) is 0 Å². The van der Waals surface area contributed by atoms with E-state index < -0.39 is 5.60 Å². The average molecular weight is 238 g/mol. The second-order valence-corrected chi connectivity index (χ2v) is 4.67. The maximum atomic E-state index is 12.0. The molecule has 17 heavy (non-hydrogen) atoms. The highest BCUT2D eigenvalue weighted by Crippen LogP contribution is 2.30. The second-order valence-electron chi connectivity index (χ2n) is 4.67. The fourth-order valence-corrected chi connectivity index (χ4v) is 2.05. The van der Waals surface area contributed by atoms with Crippen molar-refractivity contribution in [3.8, 4) is 0 Å². The molecule has 1 heterocycles. The summed E-state index contributed by atoms with van der Waals surface area (Å²) in [6.07, 6.45) is 3.20. The zero-order valence-corrected chi connectivity index (χ0v) is 10.2. The third-order valence-corrected chi connectivity index (χ3v) is 3.36. The van der Waals surface area contributed by atoms with E-state index in [-0.39, 0.29) is 5.91 Å². The van der Waals surface area contributed by atoms with E-state index >= 15 is 0 Å². The molecule has 1 amide bonds. The number of nitrogens with one attached hydrogen (secondary N) is 1. The number of carbonyl (C=O) groups is 1. The van der Waals surface area contributed by atoms with Crippen LogP contribution in [0.1, 0.15) is 48.0 Å². The highest BCUT2D eigenvalue weighted by Gasteiger charge is 2.35. The van der Waals surface area contributed by atoms with E-state index in [1.54, 1.807) is 6.92 Å². The van der Waals surface area contributed by atoms with Gasteiger partial charge in [0.1, 0.15) is 11.3 Å². The summed E-state index contributed by atoms with van der Waals surface area (Å²) in [7, 11) is 0. The number of nitrogens with zero attached hydrogens (tertiary/aromatic N) is 1. The molecule has 2 rings (SSSR count). The van der Waals surface area contributed by atoms with E-state index in [1.807, 2.05) is 6.92 Å². The summed E-state index contributed by atoms with van der Waals surface area (Å²) in [6.45, 7) is 3.95. The molecule has 0 spiro atoms. The van der Waals surface area contributed by atoms with Crippen molar-refractivity contribution >= 4 is 5.91 Å². The summed E-state index contributed by atoms with van der Waals surface area (Å²) in [4.78, 5) is 12.0. The zero-order valence-electron chi connectivity index (χ0n) is 10.2. The maximum absolute atomic E-state index is 12.0. The van der Waals surface area contributed by atoms with E-state index in [9.17, 15) is 9.90 Å². The standard InChI is InChI=1S/C12H18N2O3/c1-3-9-10(8(2)17-14-9)11(15)13-7-12(16)5-4-6-12/h16H,3-7H2,1-2H3,(H,13,15). The first-order chi connectivity index (χ1) is 8.06. The summed E-state index contributed by atoms with van der Waals surface area (Å²) < 4.78 is 5.01. The van der Waals surface area contributed by atoms with Gasteiger partial charge in [0.05, 0.1) is 11.3 Å². The minimum atomic E-state index is -0.701. The van der Waals surface area contributed by atoms with E-state index in [2.05, 4.69) is 10.5 Å². The number of aliphatic hydroxyl groups is 1. The molecule has 1 aromatic rings. The number of rotatable bonds is 4. The molecule has 0 unspecified atom stereocenters. The van der Waals surface area contributed by atoms with Gasteiger partial charge in [0, 0.05) is 6.54 Å². The van der Waals surface area contributed by atoms with Gasteiger partial charge in [-0.2, -0.15) is 0 Å². The van der Waals surface area contributed by atoms with Gasteiger partial charge in [-0.1, -0.05) is 12.1 Å². The smallest absolute Gasteiger partial charge is 0.256 e. The first-order valence-corrected chi connectivity index (χ1v) is 6.01. The molecule has 1 aliphatic carbocycles. The van der Waals surface area contributed by atoms with E-state index in [4.69, 9.17) is 4.52 Å². The first kappa shape index (κ1) is 12.1. The zero-order chi connectivity index (χ0) is 12.5. The number of hydrogen-bond donors (Lipinski definition) is 2. The molecule has 0 aliphatic heterocycles. The lowest BCUT2D eigenvalue weighted by Crippen LogP contribution is -2.47. The van der Waals surface area contributed by atoms with Crippen molar-refractivity contribution in [2.45, 2.75) is 45.1 Å². The molecule has 1 fully saturated rings. The predicted molar refractivity (Wildman–Crippen MR) is 61.8 cm³/mol. The number of carbonyl (C=O) groups excluding carboxylic acids is 1. The van der Waals surface area contributed by atoms with Crippen molar-refractivity contribution in [2.75, 3.05) is 6.54 Å². The summed E-state index contributed by atoms with van der Waals surface area (Å²) in [5.41, 5.74) is 0.476. The Kier molecular flexibility index (Phi) is 3.19. The van der Waals surface area contributed by atoms with Gasteiger partial charge in [0.25, 0.3) is 5.91 Å². The highest BCUT2D eigenvalue weighted by molar-refractivity contribution is 5.96. The van der Waals surface area contributed by atoms with Crippen LogP contribution >= 0.6 is 0 Å². The molecule has 5 heteroatoms. The minimum absolute atomic E-state index is 0.207. The molecule has 0 aromatic carbocycles. The van der Waals surface area contributed by atoms with Gasteiger partial charge in [-0.15, -0.1) is 0 Å². The van der Waals surface area contributed by atoms with Crippen molar-refractivity contribution in [1.29, 1.82) is 0 Å². The lowest BCUT2D eigenvalue weighted by Gasteiger charge is -2.36. The van der Waals surface area contributed by atoms with Crippen molar-refractivity contribution in [3.63, 3.8) is 0 Å². The molecule has 2 N–H and O–H groups in total. The molecule has 1 aromatic heterocycles. The van der Waals surface area contributed by atoms with E-state index in [0.29, 0.717) is 30.0 Å². The summed E-state index contributed by atoms with van der Waals surface area (Å²) in [5, 5.41) is 16.5. The van der Waals surface area contributed by atoms with Gasteiger partial charge in [-0.05, 0) is 32.6 Å². The van der Waals surface area contributed by atoms with Crippen LogP contribution in [0.15, 0.2) is 4.52 Å². The molecular formula is C12H18N2O3. The van der Waals surface area contributed by atoms with Gasteiger partial charge >= 0.3 is 0 Å². The Hall–Kier alpha value is -1.36. The third kappa shape index (κ3) is 2.34. The van der Waals surface area contributed by atoms with Crippen LogP contribution in [0.5, 0.6) is 0 Å². The van der Waals surface area contributed by atoms with Gasteiger partial charge in [0.2, 0.25) is 0 Å². The van der Waals surface area contributed by atoms with Gasteiger partial charge in [-0.3, -0.25) is 4.79 Å². The van der Waals surface area contributed by atoms with Crippen molar-refractivity contribution in [3.05, 3.63) is 17.0 Å². The van der Waals surface area contributed by atoms with Gasteiger partial charge in [0.15, 0.2) is 0 Å². The molecule has 5 nitrogen and oxygen atoms in total. The Morgan fingerprint density at radius 1 is 1.59 bits per heavy atom. The van der Waals surface area contributed by atoms with Gasteiger partial charge in [-0.25, -0.2) is 0 Å². The molecule has 0 radical (unpaired) electrons. The highest BCUT2D eigenvalue weighted by atomic mass is 16.5. The Labute approximate surface area is 100 Å². The van der Waals surface area contributed by atoms with Crippen LogP contribution in [0, 0.1) is 6.92 Å². The van der Waals surface area contributed by atoms with Crippen molar-refractivity contribution < 1.29 is 14.4 Å². The second kappa shape index (κ2) is 4.49. The maximum Gasteiger partial charge on any atom is 0.256 e. The Morgan fingerprint density at radius 3 is 2.82 bits per heavy atom. The minimum Gasteiger partial charge on any atom is -0.388 e. The van der Waals surface area contributed by atoms with Crippen LogP contribution in [-0.4, -0.2) is 28.3 Å². The van der Waals surface area contributed by atoms with E-state index in [1.165, 1.54) is 0 Å². The van der Waals surface area contributed by atoms with Crippen LogP contribution in [0.25, 0.3) is 0 Å². The third-order valence-electron chi connectivity index (χ3n) is 3.36. The fourth-order valence-electron chi connectivity index (χ4n) is 2.05. The normalized spacial score (nSPS) is 17.6. The Bertz CT molecular complexity index is 421. The number of hydrogen-bond acceptors (Lipinski definition) is 4. The van der Waals surface area contributed by atoms with Crippen molar-refractivity contribution in [2.24, 2.45) is 0 Å². The molecule has 94 valence electrons. The Morgan fingerprint density at radius 2 is 2.29 bits per heavy atom. The van der Waals surface area contributed by atoms with Crippen LogP contribution in [-0.2, 0) is 6.42 Å². The van der Waals surface area contributed by atoms with Gasteiger partial charge < -0.3 is 14.9 Å². The summed E-state index contributed by atoms with van der Waals surface area (Å²) in [5.74, 6) is 0.320.